The van der Waals surface area contributed by atoms with Crippen LogP contribution in [0.25, 0.3) is 10.9 Å². The molecule has 0 amide bonds. The molecule has 6 nitrogen and oxygen atoms in total. The second-order valence-corrected chi connectivity index (χ2v) is 6.45. The largest absolute Gasteiger partial charge is 0.381 e. The van der Waals surface area contributed by atoms with Crippen LogP contribution in [-0.2, 0) is 10.8 Å². The van der Waals surface area contributed by atoms with E-state index in [0.717, 1.165) is 12.1 Å². The van der Waals surface area contributed by atoms with Crippen LogP contribution in [0.4, 0.5) is 11.4 Å². The first kappa shape index (κ1) is 15.4. The Kier molecular flexibility index (Phi) is 4.85. The molecule has 1 aromatic carbocycles. The molecule has 2 atom stereocenters. The van der Waals surface area contributed by atoms with Gasteiger partial charge in [0.25, 0.3) is 5.69 Å². The molecule has 0 aliphatic heterocycles. The molecule has 21 heavy (non-hydrogen) atoms. The third-order valence-electron chi connectivity index (χ3n) is 3.18. The molecule has 112 valence electrons. The number of benzene rings is 1. The van der Waals surface area contributed by atoms with Crippen molar-refractivity contribution in [3.05, 3.63) is 40.6 Å². The van der Waals surface area contributed by atoms with Crippen molar-refractivity contribution in [2.45, 2.75) is 19.4 Å². The van der Waals surface area contributed by atoms with Gasteiger partial charge >= 0.3 is 0 Å². The summed E-state index contributed by atoms with van der Waals surface area (Å²) in [6, 6.07) is 6.64. The summed E-state index contributed by atoms with van der Waals surface area (Å²) >= 11 is 0. The Morgan fingerprint density at radius 2 is 2.19 bits per heavy atom. The zero-order valence-electron chi connectivity index (χ0n) is 11.9. The van der Waals surface area contributed by atoms with Crippen molar-refractivity contribution >= 4 is 33.1 Å². The van der Waals surface area contributed by atoms with E-state index in [9.17, 15) is 14.3 Å². The lowest BCUT2D eigenvalue weighted by atomic mass is 10.1. The minimum atomic E-state index is -0.826. The quantitative estimate of drug-likeness (QED) is 0.655. The molecule has 7 heteroatoms. The van der Waals surface area contributed by atoms with Gasteiger partial charge in [0.2, 0.25) is 0 Å². The van der Waals surface area contributed by atoms with Gasteiger partial charge in [0.05, 0.1) is 16.0 Å². The number of nitro benzene ring substituents is 1. The van der Waals surface area contributed by atoms with Gasteiger partial charge < -0.3 is 5.32 Å². The van der Waals surface area contributed by atoms with Crippen LogP contribution in [0, 0.1) is 10.1 Å². The summed E-state index contributed by atoms with van der Waals surface area (Å²) in [6.07, 6.45) is 4.05. The average Bonchev–Trinajstić information content (AvgIpc) is 2.45. The maximum atomic E-state index is 11.1. The standard InChI is InChI=1S/C14H17N3O3S/c1-10(7-9-21(2)20)16-12-5-6-13(17(18)19)11-4-3-8-15-14(11)12/h3-6,8,10,16H,7,9H2,1-2H3. The Morgan fingerprint density at radius 3 is 2.86 bits per heavy atom. The van der Waals surface area contributed by atoms with Crippen molar-refractivity contribution in [2.75, 3.05) is 17.3 Å². The maximum Gasteiger partial charge on any atom is 0.278 e. The fourth-order valence-electron chi connectivity index (χ4n) is 2.11. The first-order chi connectivity index (χ1) is 9.99. The molecule has 0 aliphatic carbocycles. The molecule has 1 N–H and O–H groups in total. The van der Waals surface area contributed by atoms with Crippen LogP contribution in [0.3, 0.4) is 0 Å². The predicted molar refractivity (Wildman–Crippen MR) is 85.0 cm³/mol. The lowest BCUT2D eigenvalue weighted by Crippen LogP contribution is -2.18. The van der Waals surface area contributed by atoms with Gasteiger partial charge in [-0.1, -0.05) is 0 Å². The number of aromatic nitrogens is 1. The van der Waals surface area contributed by atoms with E-state index >= 15 is 0 Å². The summed E-state index contributed by atoms with van der Waals surface area (Å²) in [6.45, 7) is 1.99. The van der Waals surface area contributed by atoms with Crippen LogP contribution in [0.5, 0.6) is 0 Å². The Labute approximate surface area is 125 Å². The highest BCUT2D eigenvalue weighted by atomic mass is 32.2. The van der Waals surface area contributed by atoms with Crippen molar-refractivity contribution in [2.24, 2.45) is 0 Å². The highest BCUT2D eigenvalue weighted by Gasteiger charge is 2.15. The van der Waals surface area contributed by atoms with E-state index in [1.54, 1.807) is 30.7 Å². The topological polar surface area (TPSA) is 85.1 Å². The molecule has 0 saturated heterocycles. The van der Waals surface area contributed by atoms with Crippen molar-refractivity contribution in [3.63, 3.8) is 0 Å². The summed E-state index contributed by atoms with van der Waals surface area (Å²) in [4.78, 5) is 14.9. The van der Waals surface area contributed by atoms with E-state index in [4.69, 9.17) is 0 Å². The molecule has 0 saturated carbocycles. The highest BCUT2D eigenvalue weighted by molar-refractivity contribution is 7.84. The van der Waals surface area contributed by atoms with E-state index in [-0.39, 0.29) is 11.7 Å². The lowest BCUT2D eigenvalue weighted by Gasteiger charge is -2.16. The van der Waals surface area contributed by atoms with Crippen molar-refractivity contribution in [1.29, 1.82) is 0 Å². The van der Waals surface area contributed by atoms with Crippen molar-refractivity contribution in [1.82, 2.24) is 4.98 Å². The van der Waals surface area contributed by atoms with Crippen LogP contribution < -0.4 is 5.32 Å². The molecule has 0 aliphatic rings. The molecule has 0 fully saturated rings. The lowest BCUT2D eigenvalue weighted by molar-refractivity contribution is -0.383. The maximum absolute atomic E-state index is 11.1. The van der Waals surface area contributed by atoms with Crippen molar-refractivity contribution < 1.29 is 9.13 Å². The Morgan fingerprint density at radius 1 is 1.43 bits per heavy atom. The Hall–Kier alpha value is -2.02. The normalized spacial score (nSPS) is 13.8. The van der Waals surface area contributed by atoms with Crippen LogP contribution >= 0.6 is 0 Å². The summed E-state index contributed by atoms with van der Waals surface area (Å²) in [5.41, 5.74) is 1.38. The van der Waals surface area contributed by atoms with Crippen LogP contribution in [-0.4, -0.2) is 32.2 Å². The smallest absolute Gasteiger partial charge is 0.278 e. The molecular weight excluding hydrogens is 290 g/mol. The number of hydrogen-bond donors (Lipinski definition) is 1. The second kappa shape index (κ2) is 6.62. The number of pyridine rings is 1. The molecule has 0 radical (unpaired) electrons. The zero-order chi connectivity index (χ0) is 15.4. The van der Waals surface area contributed by atoms with E-state index in [1.165, 1.54) is 6.07 Å². The SMILES string of the molecule is CC(CCS(C)=O)Nc1ccc([N+](=O)[O-])c2cccnc12. The molecule has 2 rings (SSSR count). The number of nitro groups is 1. The van der Waals surface area contributed by atoms with Crippen LogP contribution in [0.2, 0.25) is 0 Å². The minimum absolute atomic E-state index is 0.0472. The third kappa shape index (κ3) is 3.75. The van der Waals surface area contributed by atoms with E-state index in [2.05, 4.69) is 10.3 Å². The van der Waals surface area contributed by atoms with Gasteiger partial charge in [-0.15, -0.1) is 0 Å². The summed E-state index contributed by atoms with van der Waals surface area (Å²) in [5.74, 6) is 0.618. The molecule has 0 bridgehead atoms. The van der Waals surface area contributed by atoms with Crippen LogP contribution in [0.15, 0.2) is 30.5 Å². The predicted octanol–water partition coefficient (Wildman–Crippen LogP) is 2.71. The fourth-order valence-corrected chi connectivity index (χ4v) is 2.80. The van der Waals surface area contributed by atoms with Gasteiger partial charge in [0, 0.05) is 41.1 Å². The van der Waals surface area contributed by atoms with Gasteiger partial charge in [0.1, 0.15) is 5.52 Å². The van der Waals surface area contributed by atoms with Gasteiger partial charge in [-0.3, -0.25) is 19.3 Å². The average molecular weight is 307 g/mol. The number of non-ortho nitro benzene ring substituents is 1. The number of fused-ring (bicyclic) bond motifs is 1. The third-order valence-corrected chi connectivity index (χ3v) is 3.99. The summed E-state index contributed by atoms with van der Waals surface area (Å²) in [7, 11) is -0.826. The zero-order valence-corrected chi connectivity index (χ0v) is 12.7. The monoisotopic (exact) mass is 307 g/mol. The molecule has 1 heterocycles. The number of anilines is 1. The highest BCUT2D eigenvalue weighted by Crippen LogP contribution is 2.30. The fraction of sp³-hybridized carbons (Fsp3) is 0.357. The number of hydrogen-bond acceptors (Lipinski definition) is 5. The number of nitrogens with zero attached hydrogens (tertiary/aromatic N) is 2. The van der Waals surface area contributed by atoms with Gasteiger partial charge in [-0.25, -0.2) is 0 Å². The molecule has 2 aromatic rings. The molecule has 0 spiro atoms. The number of nitrogens with one attached hydrogen (secondary N) is 1. The number of rotatable bonds is 6. The first-order valence-electron chi connectivity index (χ1n) is 6.57. The molecule has 2 unspecified atom stereocenters. The molecular formula is C14H17N3O3S. The molecule has 1 aromatic heterocycles. The first-order valence-corrected chi connectivity index (χ1v) is 8.30. The summed E-state index contributed by atoms with van der Waals surface area (Å²) in [5, 5.41) is 14.8. The minimum Gasteiger partial charge on any atom is -0.381 e. The van der Waals surface area contributed by atoms with Gasteiger partial charge in [-0.2, -0.15) is 0 Å². The summed E-state index contributed by atoms with van der Waals surface area (Å²) < 4.78 is 11.1. The van der Waals surface area contributed by atoms with Gasteiger partial charge in [0.15, 0.2) is 0 Å². The van der Waals surface area contributed by atoms with E-state index in [0.29, 0.717) is 16.7 Å². The Bertz CT molecular complexity index is 690. The van der Waals surface area contributed by atoms with Gasteiger partial charge in [-0.05, 0) is 31.5 Å². The Balaban J connectivity index is 2.31. The van der Waals surface area contributed by atoms with Crippen LogP contribution in [0.1, 0.15) is 13.3 Å². The van der Waals surface area contributed by atoms with E-state index in [1.807, 2.05) is 6.92 Å². The van der Waals surface area contributed by atoms with E-state index < -0.39 is 15.7 Å². The van der Waals surface area contributed by atoms with Crippen molar-refractivity contribution in [3.8, 4) is 0 Å². The second-order valence-electron chi connectivity index (χ2n) is 4.90.